The average molecular weight is 283 g/mol. The lowest BCUT2D eigenvalue weighted by Gasteiger charge is -2.06. The van der Waals surface area contributed by atoms with Gasteiger partial charge in [0.25, 0.3) is 0 Å². The van der Waals surface area contributed by atoms with Crippen LogP contribution < -0.4 is 5.63 Å². The Kier molecular flexibility index (Phi) is 3.56. The highest BCUT2D eigenvalue weighted by atomic mass is 32.2. The maximum absolute atomic E-state index is 11.6. The van der Waals surface area contributed by atoms with Crippen molar-refractivity contribution in [2.75, 3.05) is 0 Å². The zero-order valence-corrected chi connectivity index (χ0v) is 11.8. The van der Waals surface area contributed by atoms with Crippen molar-refractivity contribution >= 4 is 22.7 Å². The van der Waals surface area contributed by atoms with E-state index >= 15 is 0 Å². The summed E-state index contributed by atoms with van der Waals surface area (Å²) in [6.45, 7) is 1.98. The van der Waals surface area contributed by atoms with Crippen LogP contribution in [0.25, 0.3) is 11.0 Å². The number of benzene rings is 1. The van der Waals surface area contributed by atoms with Crippen LogP contribution in [0.5, 0.6) is 0 Å². The molecule has 100 valence electrons. The van der Waals surface area contributed by atoms with E-state index in [2.05, 4.69) is 4.98 Å². The number of hydrogen-bond acceptors (Lipinski definition) is 4. The maximum atomic E-state index is 11.6. The summed E-state index contributed by atoms with van der Waals surface area (Å²) < 4.78 is 5.26. The van der Waals surface area contributed by atoms with Crippen molar-refractivity contribution < 1.29 is 4.42 Å². The van der Waals surface area contributed by atoms with E-state index in [1.165, 1.54) is 0 Å². The van der Waals surface area contributed by atoms with Crippen LogP contribution in [0.3, 0.4) is 0 Å². The Balaban J connectivity index is 1.97. The van der Waals surface area contributed by atoms with E-state index in [1.54, 1.807) is 30.2 Å². The molecule has 4 heteroatoms. The average Bonchev–Trinajstić information content (AvgIpc) is 2.45. The molecule has 0 aliphatic rings. The quantitative estimate of drug-likeness (QED) is 0.542. The predicted octanol–water partition coefficient (Wildman–Crippen LogP) is 3.79. The van der Waals surface area contributed by atoms with Crippen LogP contribution in [0, 0.1) is 6.92 Å². The molecule has 3 aromatic rings. The van der Waals surface area contributed by atoms with Crippen molar-refractivity contribution in [1.82, 2.24) is 4.98 Å². The zero-order valence-electron chi connectivity index (χ0n) is 11.0. The summed E-state index contributed by atoms with van der Waals surface area (Å²) in [6, 6.07) is 11.4. The molecule has 0 aliphatic heterocycles. The number of thioether (sulfide) groups is 1. The fourth-order valence-electron chi connectivity index (χ4n) is 2.05. The Hall–Kier alpha value is -2.07. The van der Waals surface area contributed by atoms with Gasteiger partial charge >= 0.3 is 5.63 Å². The van der Waals surface area contributed by atoms with Crippen LogP contribution in [-0.2, 0) is 5.75 Å². The molecule has 0 saturated heterocycles. The molecule has 3 rings (SSSR count). The molecule has 0 amide bonds. The minimum Gasteiger partial charge on any atom is -0.423 e. The Morgan fingerprint density at radius 3 is 2.75 bits per heavy atom. The van der Waals surface area contributed by atoms with E-state index in [0.717, 1.165) is 27.2 Å². The van der Waals surface area contributed by atoms with E-state index < -0.39 is 0 Å². The molecule has 0 N–H and O–H groups in total. The summed E-state index contributed by atoms with van der Waals surface area (Å²) in [6.07, 6.45) is 3.53. The molecule has 0 aliphatic carbocycles. The first-order chi connectivity index (χ1) is 9.72. The van der Waals surface area contributed by atoms with Gasteiger partial charge in [-0.15, -0.1) is 11.8 Å². The molecule has 3 nitrogen and oxygen atoms in total. The van der Waals surface area contributed by atoms with E-state index in [0.29, 0.717) is 5.58 Å². The molecule has 0 spiro atoms. The second kappa shape index (κ2) is 5.51. The molecule has 1 aromatic carbocycles. The molecule has 0 saturated carbocycles. The normalized spacial score (nSPS) is 10.8. The van der Waals surface area contributed by atoms with Gasteiger partial charge in [0.05, 0.1) is 0 Å². The Labute approximate surface area is 120 Å². The number of aryl methyl sites for hydroxylation is 1. The molecule has 0 unspecified atom stereocenters. The van der Waals surface area contributed by atoms with Gasteiger partial charge < -0.3 is 4.42 Å². The lowest BCUT2D eigenvalue weighted by molar-refractivity contribution is 0.559. The fraction of sp³-hybridized carbons (Fsp3) is 0.125. The van der Waals surface area contributed by atoms with Gasteiger partial charge in [0.2, 0.25) is 0 Å². The minimum atomic E-state index is -0.298. The van der Waals surface area contributed by atoms with Gasteiger partial charge in [-0.1, -0.05) is 12.1 Å². The van der Waals surface area contributed by atoms with Gasteiger partial charge in [-0.05, 0) is 36.2 Å². The third-order valence-corrected chi connectivity index (χ3v) is 4.09. The van der Waals surface area contributed by atoms with Crippen LogP contribution in [0.2, 0.25) is 0 Å². The second-order valence-electron chi connectivity index (χ2n) is 4.56. The van der Waals surface area contributed by atoms with Gasteiger partial charge in [0.1, 0.15) is 5.58 Å². The number of pyridine rings is 1. The first-order valence-electron chi connectivity index (χ1n) is 6.28. The monoisotopic (exact) mass is 283 g/mol. The van der Waals surface area contributed by atoms with Crippen molar-refractivity contribution in [2.24, 2.45) is 0 Å². The van der Waals surface area contributed by atoms with Crippen molar-refractivity contribution in [3.05, 3.63) is 70.3 Å². The van der Waals surface area contributed by atoms with Crippen molar-refractivity contribution in [3.63, 3.8) is 0 Å². The van der Waals surface area contributed by atoms with E-state index in [9.17, 15) is 4.79 Å². The molecule has 2 heterocycles. The van der Waals surface area contributed by atoms with Crippen LogP contribution in [-0.4, -0.2) is 4.98 Å². The van der Waals surface area contributed by atoms with Crippen molar-refractivity contribution in [2.45, 2.75) is 17.6 Å². The summed E-state index contributed by atoms with van der Waals surface area (Å²) >= 11 is 1.68. The molecule has 0 atom stereocenters. The van der Waals surface area contributed by atoms with Gasteiger partial charge in [-0.3, -0.25) is 4.98 Å². The van der Waals surface area contributed by atoms with Gasteiger partial charge in [-0.25, -0.2) is 4.79 Å². The van der Waals surface area contributed by atoms with Gasteiger partial charge in [0, 0.05) is 34.5 Å². The van der Waals surface area contributed by atoms with Crippen molar-refractivity contribution in [3.8, 4) is 0 Å². The smallest absolute Gasteiger partial charge is 0.336 e. The van der Waals surface area contributed by atoms with Crippen LogP contribution in [0.15, 0.2) is 62.9 Å². The minimum absolute atomic E-state index is 0.298. The Bertz CT molecular complexity index is 796. The Morgan fingerprint density at radius 1 is 1.15 bits per heavy atom. The lowest BCUT2D eigenvalue weighted by Crippen LogP contribution is -2.00. The molecule has 0 fully saturated rings. The first-order valence-corrected chi connectivity index (χ1v) is 7.27. The van der Waals surface area contributed by atoms with Gasteiger partial charge in [0.15, 0.2) is 0 Å². The topological polar surface area (TPSA) is 43.1 Å². The molecule has 0 radical (unpaired) electrons. The fourth-order valence-corrected chi connectivity index (χ4v) is 2.93. The highest BCUT2D eigenvalue weighted by Gasteiger charge is 2.06. The number of nitrogens with zero attached hydrogens (tertiary/aromatic N) is 1. The summed E-state index contributed by atoms with van der Waals surface area (Å²) in [5.74, 6) is 0.731. The summed E-state index contributed by atoms with van der Waals surface area (Å²) in [7, 11) is 0. The second-order valence-corrected chi connectivity index (χ2v) is 5.61. The van der Waals surface area contributed by atoms with Crippen LogP contribution in [0.1, 0.15) is 11.1 Å². The molecular formula is C16H13NO2S. The number of aromatic nitrogens is 1. The molecule has 2 aromatic heterocycles. The SMILES string of the molecule is Cc1ccc2c(CSc3ccncc3)cc(=O)oc2c1. The first kappa shape index (κ1) is 12.9. The van der Waals surface area contributed by atoms with Crippen LogP contribution >= 0.6 is 11.8 Å². The highest BCUT2D eigenvalue weighted by Crippen LogP contribution is 2.26. The maximum Gasteiger partial charge on any atom is 0.336 e. The highest BCUT2D eigenvalue weighted by molar-refractivity contribution is 7.98. The summed E-state index contributed by atoms with van der Waals surface area (Å²) in [5, 5.41) is 0.997. The van der Waals surface area contributed by atoms with E-state index in [-0.39, 0.29) is 5.63 Å². The lowest BCUT2D eigenvalue weighted by atomic mass is 10.1. The van der Waals surface area contributed by atoms with E-state index in [4.69, 9.17) is 4.42 Å². The number of rotatable bonds is 3. The summed E-state index contributed by atoms with van der Waals surface area (Å²) in [4.78, 5) is 16.8. The largest absolute Gasteiger partial charge is 0.423 e. The van der Waals surface area contributed by atoms with Crippen LogP contribution in [0.4, 0.5) is 0 Å². The van der Waals surface area contributed by atoms with Crippen molar-refractivity contribution in [1.29, 1.82) is 0 Å². The third kappa shape index (κ3) is 2.75. The standard InChI is InChI=1S/C16H13NO2S/c1-11-2-3-14-12(9-16(18)19-15(14)8-11)10-20-13-4-6-17-7-5-13/h2-9H,10H2,1H3. The molecule has 20 heavy (non-hydrogen) atoms. The van der Waals surface area contributed by atoms with Gasteiger partial charge in [-0.2, -0.15) is 0 Å². The number of fused-ring (bicyclic) bond motifs is 1. The predicted molar refractivity (Wildman–Crippen MR) is 81.0 cm³/mol. The third-order valence-electron chi connectivity index (χ3n) is 3.03. The zero-order chi connectivity index (χ0) is 13.9. The molecule has 0 bridgehead atoms. The molecular weight excluding hydrogens is 270 g/mol. The Morgan fingerprint density at radius 2 is 1.95 bits per heavy atom. The summed E-state index contributed by atoms with van der Waals surface area (Å²) in [5.41, 5.74) is 2.44. The van der Waals surface area contributed by atoms with E-state index in [1.807, 2.05) is 37.3 Å². The number of hydrogen-bond donors (Lipinski definition) is 0.